The maximum Gasteiger partial charge on any atom is 0.231 e. The third kappa shape index (κ3) is 3.41. The van der Waals surface area contributed by atoms with Crippen molar-refractivity contribution in [1.82, 2.24) is 5.32 Å². The lowest BCUT2D eigenvalue weighted by Crippen LogP contribution is -2.15. The van der Waals surface area contributed by atoms with E-state index >= 15 is 0 Å². The fraction of sp³-hybridized carbons (Fsp3) is 0.625. The van der Waals surface area contributed by atoms with E-state index in [1.807, 2.05) is 6.07 Å². The van der Waals surface area contributed by atoms with E-state index in [0.717, 1.165) is 30.5 Å². The molecule has 3 nitrogen and oxygen atoms in total. The second-order valence-electron chi connectivity index (χ2n) is 5.66. The minimum absolute atomic E-state index is 0.355. The Labute approximate surface area is 115 Å². The Bertz CT molecular complexity index is 413. The molecule has 1 fully saturated rings. The van der Waals surface area contributed by atoms with Crippen LogP contribution in [-0.2, 0) is 6.54 Å². The summed E-state index contributed by atoms with van der Waals surface area (Å²) in [5.41, 5.74) is 1.27. The van der Waals surface area contributed by atoms with Crippen molar-refractivity contribution in [2.45, 2.75) is 45.1 Å². The van der Waals surface area contributed by atoms with Crippen LogP contribution < -0.4 is 14.8 Å². The molecule has 104 valence electrons. The molecular weight excluding hydrogens is 238 g/mol. The lowest BCUT2D eigenvalue weighted by atomic mass is 10.0. The first-order chi connectivity index (χ1) is 9.42. The summed E-state index contributed by atoms with van der Waals surface area (Å²) in [5.74, 6) is 2.75. The van der Waals surface area contributed by atoms with Crippen molar-refractivity contribution in [1.29, 1.82) is 0 Å². The highest BCUT2D eigenvalue weighted by atomic mass is 16.7. The molecule has 1 aromatic carbocycles. The number of hydrogen-bond acceptors (Lipinski definition) is 3. The quantitative estimate of drug-likeness (QED) is 0.795. The first-order valence-electron chi connectivity index (χ1n) is 7.51. The van der Waals surface area contributed by atoms with Gasteiger partial charge in [-0.05, 0) is 43.0 Å². The lowest BCUT2D eigenvalue weighted by Gasteiger charge is -2.09. The fourth-order valence-corrected chi connectivity index (χ4v) is 3.10. The molecule has 1 heterocycles. The zero-order valence-corrected chi connectivity index (χ0v) is 11.5. The summed E-state index contributed by atoms with van der Waals surface area (Å²) in [5, 5.41) is 3.52. The highest BCUT2D eigenvalue weighted by Crippen LogP contribution is 2.32. The molecule has 2 aliphatic rings. The Morgan fingerprint density at radius 1 is 1.11 bits per heavy atom. The SMILES string of the molecule is c1cc2c(cc1CNCCCC1CCCC1)OCO2. The molecule has 1 aliphatic heterocycles. The minimum atomic E-state index is 0.355. The van der Waals surface area contributed by atoms with Gasteiger partial charge in [0.15, 0.2) is 11.5 Å². The number of fused-ring (bicyclic) bond motifs is 1. The highest BCUT2D eigenvalue weighted by molar-refractivity contribution is 5.44. The van der Waals surface area contributed by atoms with E-state index in [-0.39, 0.29) is 0 Å². The molecule has 3 rings (SSSR count). The van der Waals surface area contributed by atoms with Crippen LogP contribution in [0.5, 0.6) is 11.5 Å². The molecule has 1 aromatic rings. The molecular formula is C16H23NO2. The topological polar surface area (TPSA) is 30.5 Å². The van der Waals surface area contributed by atoms with Crippen molar-refractivity contribution >= 4 is 0 Å². The van der Waals surface area contributed by atoms with Crippen molar-refractivity contribution in [3.63, 3.8) is 0 Å². The van der Waals surface area contributed by atoms with Crippen molar-refractivity contribution in [3.8, 4) is 11.5 Å². The minimum Gasteiger partial charge on any atom is -0.454 e. The Balaban J connectivity index is 1.35. The summed E-state index contributed by atoms with van der Waals surface area (Å²) < 4.78 is 10.7. The van der Waals surface area contributed by atoms with Crippen molar-refractivity contribution in [2.75, 3.05) is 13.3 Å². The largest absolute Gasteiger partial charge is 0.454 e. The third-order valence-corrected chi connectivity index (χ3v) is 4.21. The van der Waals surface area contributed by atoms with E-state index in [4.69, 9.17) is 9.47 Å². The average molecular weight is 261 g/mol. The first kappa shape index (κ1) is 12.8. The van der Waals surface area contributed by atoms with Gasteiger partial charge in [-0.3, -0.25) is 0 Å². The van der Waals surface area contributed by atoms with Crippen LogP contribution >= 0.6 is 0 Å². The molecule has 0 amide bonds. The van der Waals surface area contributed by atoms with Crippen LogP contribution in [0.4, 0.5) is 0 Å². The fourth-order valence-electron chi connectivity index (χ4n) is 3.10. The zero-order valence-electron chi connectivity index (χ0n) is 11.5. The summed E-state index contributed by atoms with van der Waals surface area (Å²) >= 11 is 0. The number of hydrogen-bond donors (Lipinski definition) is 1. The van der Waals surface area contributed by atoms with Gasteiger partial charge in [0.1, 0.15) is 0 Å². The predicted molar refractivity (Wildman–Crippen MR) is 75.5 cm³/mol. The van der Waals surface area contributed by atoms with Crippen LogP contribution in [0.3, 0.4) is 0 Å². The van der Waals surface area contributed by atoms with E-state index < -0.39 is 0 Å². The Morgan fingerprint density at radius 3 is 2.84 bits per heavy atom. The van der Waals surface area contributed by atoms with E-state index in [2.05, 4.69) is 17.4 Å². The normalized spacial score (nSPS) is 18.1. The van der Waals surface area contributed by atoms with E-state index in [1.165, 1.54) is 44.1 Å². The van der Waals surface area contributed by atoms with Crippen molar-refractivity contribution in [3.05, 3.63) is 23.8 Å². The maximum absolute atomic E-state index is 5.38. The molecule has 1 saturated carbocycles. The molecule has 0 bridgehead atoms. The number of rotatable bonds is 6. The highest BCUT2D eigenvalue weighted by Gasteiger charge is 2.14. The molecule has 0 spiro atoms. The monoisotopic (exact) mass is 261 g/mol. The number of benzene rings is 1. The van der Waals surface area contributed by atoms with Gasteiger partial charge in [0.25, 0.3) is 0 Å². The Morgan fingerprint density at radius 2 is 1.95 bits per heavy atom. The van der Waals surface area contributed by atoms with Crippen LogP contribution in [0.15, 0.2) is 18.2 Å². The van der Waals surface area contributed by atoms with Gasteiger partial charge in [0.05, 0.1) is 0 Å². The van der Waals surface area contributed by atoms with Crippen LogP contribution in [0.25, 0.3) is 0 Å². The van der Waals surface area contributed by atoms with Crippen LogP contribution in [0.1, 0.15) is 44.1 Å². The van der Waals surface area contributed by atoms with E-state index in [0.29, 0.717) is 6.79 Å². The molecule has 0 radical (unpaired) electrons. The second kappa shape index (κ2) is 6.29. The molecule has 0 saturated heterocycles. The predicted octanol–water partition coefficient (Wildman–Crippen LogP) is 3.48. The lowest BCUT2D eigenvalue weighted by molar-refractivity contribution is 0.174. The third-order valence-electron chi connectivity index (χ3n) is 4.21. The van der Waals surface area contributed by atoms with Gasteiger partial charge in [-0.2, -0.15) is 0 Å². The molecule has 0 atom stereocenters. The van der Waals surface area contributed by atoms with Crippen molar-refractivity contribution < 1.29 is 9.47 Å². The molecule has 3 heteroatoms. The Kier molecular flexibility index (Phi) is 4.23. The average Bonchev–Trinajstić information content (AvgIpc) is 3.08. The van der Waals surface area contributed by atoms with E-state index in [9.17, 15) is 0 Å². The van der Waals surface area contributed by atoms with Gasteiger partial charge in [-0.1, -0.05) is 31.7 Å². The maximum atomic E-state index is 5.38. The van der Waals surface area contributed by atoms with Gasteiger partial charge in [0.2, 0.25) is 6.79 Å². The van der Waals surface area contributed by atoms with Crippen molar-refractivity contribution in [2.24, 2.45) is 5.92 Å². The first-order valence-corrected chi connectivity index (χ1v) is 7.51. The summed E-state index contributed by atoms with van der Waals surface area (Å²) in [6.45, 7) is 2.39. The molecule has 0 unspecified atom stereocenters. The van der Waals surface area contributed by atoms with Gasteiger partial charge in [0, 0.05) is 6.54 Å². The zero-order chi connectivity index (χ0) is 12.9. The van der Waals surface area contributed by atoms with Gasteiger partial charge in [-0.25, -0.2) is 0 Å². The van der Waals surface area contributed by atoms with Gasteiger partial charge >= 0.3 is 0 Å². The van der Waals surface area contributed by atoms with Crippen LogP contribution in [-0.4, -0.2) is 13.3 Å². The molecule has 0 aromatic heterocycles. The molecule has 19 heavy (non-hydrogen) atoms. The standard InChI is InChI=1S/C16H23NO2/c1-2-5-13(4-1)6-3-9-17-11-14-7-8-15-16(10-14)19-12-18-15/h7-8,10,13,17H,1-6,9,11-12H2. The smallest absolute Gasteiger partial charge is 0.231 e. The van der Waals surface area contributed by atoms with Gasteiger partial charge in [-0.15, -0.1) is 0 Å². The second-order valence-corrected chi connectivity index (χ2v) is 5.66. The van der Waals surface area contributed by atoms with E-state index in [1.54, 1.807) is 0 Å². The summed E-state index contributed by atoms with van der Waals surface area (Å²) in [4.78, 5) is 0. The summed E-state index contributed by atoms with van der Waals surface area (Å²) in [6.07, 6.45) is 8.53. The Hall–Kier alpha value is -1.22. The molecule has 1 N–H and O–H groups in total. The number of nitrogens with one attached hydrogen (secondary N) is 1. The summed E-state index contributed by atoms with van der Waals surface area (Å²) in [6, 6.07) is 6.18. The van der Waals surface area contributed by atoms with Crippen LogP contribution in [0.2, 0.25) is 0 Å². The summed E-state index contributed by atoms with van der Waals surface area (Å²) in [7, 11) is 0. The van der Waals surface area contributed by atoms with Crippen LogP contribution in [0, 0.1) is 5.92 Å². The molecule has 1 aliphatic carbocycles. The number of ether oxygens (including phenoxy) is 2. The van der Waals surface area contributed by atoms with Gasteiger partial charge < -0.3 is 14.8 Å².